The molecule has 1 aliphatic rings. The number of hydrogen-bond acceptors (Lipinski definition) is 2. The van der Waals surface area contributed by atoms with E-state index in [-0.39, 0.29) is 56.8 Å². The summed E-state index contributed by atoms with van der Waals surface area (Å²) in [6.45, 7) is 5.30. The smallest absolute Gasteiger partial charge is 0.587 e. The van der Waals surface area contributed by atoms with Crippen molar-refractivity contribution in [3.05, 3.63) is 53.4 Å². The van der Waals surface area contributed by atoms with Crippen molar-refractivity contribution in [3.63, 3.8) is 0 Å². The Labute approximate surface area is 148 Å². The van der Waals surface area contributed by atoms with Gasteiger partial charge in [-0.2, -0.15) is 0 Å². The second kappa shape index (κ2) is 8.18. The molecule has 0 fully saturated rings. The maximum absolute atomic E-state index is 10.9. The maximum Gasteiger partial charge on any atom is 1.00 e. The average Bonchev–Trinajstić information content (AvgIpc) is 2.56. The third-order valence-electron chi connectivity index (χ3n) is 1.92. The zero-order valence-corrected chi connectivity index (χ0v) is 13.7. The number of carbonyl (C=O) groups excluding carboxylic acids is 2. The van der Waals surface area contributed by atoms with E-state index in [0.717, 1.165) is 0 Å². The molecule has 0 aliphatic carbocycles. The first-order valence-electron chi connectivity index (χ1n) is 4.72. The number of alkyl halides is 1. The van der Waals surface area contributed by atoms with Crippen LogP contribution >= 0.6 is 11.6 Å². The van der Waals surface area contributed by atoms with E-state index in [1.165, 1.54) is 0 Å². The van der Waals surface area contributed by atoms with Crippen LogP contribution in [0.25, 0.3) is 5.32 Å². The average molecular weight is 276 g/mol. The number of nitrogens with zero attached hydrogens (tertiary/aromatic N) is 1. The van der Waals surface area contributed by atoms with E-state index < -0.39 is 11.8 Å². The van der Waals surface area contributed by atoms with E-state index in [0.29, 0.717) is 11.1 Å². The zero-order chi connectivity index (χ0) is 12.1. The molecule has 0 aromatic heterocycles. The molecule has 3 nitrogen and oxygen atoms in total. The van der Waals surface area contributed by atoms with Crippen LogP contribution in [0.15, 0.2) is 36.9 Å². The molecule has 0 bridgehead atoms. The molecule has 1 aliphatic heterocycles. The summed E-state index contributed by atoms with van der Waals surface area (Å²) in [5.74, 6) is -0.851. The van der Waals surface area contributed by atoms with Crippen LogP contribution in [-0.4, -0.2) is 17.2 Å². The first kappa shape index (κ1) is 17.0. The van der Waals surface area contributed by atoms with Gasteiger partial charge in [0.1, 0.15) is 0 Å². The molecule has 0 saturated heterocycles. The number of imide groups is 1. The van der Waals surface area contributed by atoms with Crippen molar-refractivity contribution in [1.82, 2.24) is 0 Å². The van der Waals surface area contributed by atoms with Gasteiger partial charge in [-0.25, -0.2) is 0 Å². The van der Waals surface area contributed by atoms with Crippen LogP contribution in [0.1, 0.15) is 27.6 Å². The molecule has 84 valence electrons. The van der Waals surface area contributed by atoms with Crippen LogP contribution in [0.3, 0.4) is 0 Å². The van der Waals surface area contributed by atoms with Gasteiger partial charge in [0.25, 0.3) is 0 Å². The number of carbonyl (C=O) groups is 2. The molecule has 1 atom stereocenters. The fourth-order valence-electron chi connectivity index (χ4n) is 1.07. The predicted molar refractivity (Wildman–Crippen MR) is 64.0 cm³/mol. The Kier molecular flexibility index (Phi) is 8.20. The largest absolute Gasteiger partial charge is 1.00 e. The van der Waals surface area contributed by atoms with Gasteiger partial charge in [0.2, 0.25) is 0 Å². The number of rotatable bonds is 1. The van der Waals surface area contributed by atoms with Crippen molar-refractivity contribution in [2.24, 2.45) is 0 Å². The maximum atomic E-state index is 10.9. The van der Waals surface area contributed by atoms with E-state index in [1.807, 2.05) is 6.92 Å². The summed E-state index contributed by atoms with van der Waals surface area (Å²) in [6.07, 6.45) is 1.68. The van der Waals surface area contributed by atoms with E-state index in [1.54, 1.807) is 30.3 Å². The van der Waals surface area contributed by atoms with Crippen LogP contribution in [0.2, 0.25) is 0 Å². The predicted octanol–water partition coefficient (Wildman–Crippen LogP) is 0.158. The fraction of sp³-hybridized carbons (Fsp3) is 0.167. The minimum atomic E-state index is -0.425. The second-order valence-corrected chi connectivity index (χ2v) is 3.87. The summed E-state index contributed by atoms with van der Waals surface area (Å²) in [6, 6.07) is 6.63. The first-order chi connectivity index (χ1) is 7.56. The fourth-order valence-corrected chi connectivity index (χ4v) is 1.07. The third-order valence-corrected chi connectivity index (χ3v) is 2.09. The molecule has 1 unspecified atom stereocenters. The topological polar surface area (TPSA) is 48.2 Å². The SMILES string of the molecule is C=CC(C)Cl.O=C1[N-]C(=O)c2ccccc21.[K+]. The Morgan fingerprint density at radius 2 is 1.59 bits per heavy atom. The third kappa shape index (κ3) is 5.03. The van der Waals surface area contributed by atoms with Crippen molar-refractivity contribution in [1.29, 1.82) is 0 Å². The molecular weight excluding hydrogens is 265 g/mol. The van der Waals surface area contributed by atoms with Crippen LogP contribution in [0, 0.1) is 0 Å². The molecule has 1 aromatic carbocycles. The van der Waals surface area contributed by atoms with Gasteiger partial charge in [0.15, 0.2) is 0 Å². The Balaban J connectivity index is 0.000000373. The number of amides is 2. The molecular formula is C12H11ClKNO2. The molecule has 1 aromatic rings. The van der Waals surface area contributed by atoms with Crippen molar-refractivity contribution in [3.8, 4) is 0 Å². The Morgan fingerprint density at radius 3 is 1.88 bits per heavy atom. The number of halogens is 1. The van der Waals surface area contributed by atoms with Crippen molar-refractivity contribution in [2.75, 3.05) is 0 Å². The molecule has 0 radical (unpaired) electrons. The van der Waals surface area contributed by atoms with Gasteiger partial charge < -0.3 is 14.9 Å². The number of benzene rings is 1. The van der Waals surface area contributed by atoms with Gasteiger partial charge >= 0.3 is 51.4 Å². The van der Waals surface area contributed by atoms with Crippen molar-refractivity contribution >= 4 is 23.4 Å². The molecule has 1 heterocycles. The Hall–Kier alpha value is 0.0264. The van der Waals surface area contributed by atoms with Crippen LogP contribution in [0.4, 0.5) is 0 Å². The summed E-state index contributed by atoms with van der Waals surface area (Å²) < 4.78 is 0. The normalized spacial score (nSPS) is 13.5. The summed E-state index contributed by atoms with van der Waals surface area (Å²) in [5, 5.41) is 3.40. The van der Waals surface area contributed by atoms with Gasteiger partial charge in [-0.3, -0.25) is 0 Å². The Morgan fingerprint density at radius 1 is 1.24 bits per heavy atom. The summed E-state index contributed by atoms with van der Waals surface area (Å²) in [4.78, 5) is 21.8. The van der Waals surface area contributed by atoms with Gasteiger partial charge in [-0.1, -0.05) is 30.3 Å². The van der Waals surface area contributed by atoms with Gasteiger partial charge in [0, 0.05) is 16.5 Å². The standard InChI is InChI=1S/C8H5NO2.C4H7Cl.K/c10-7-5-3-1-2-4-6(5)8(11)9-7;1-3-4(2)5;/h1-4H,(H,9,10,11);3-4H,1H2,2H3;/q;;+1/p-1. The van der Waals surface area contributed by atoms with E-state index in [9.17, 15) is 9.59 Å². The van der Waals surface area contributed by atoms with Crippen LogP contribution in [0.5, 0.6) is 0 Å². The summed E-state index contributed by atoms with van der Waals surface area (Å²) >= 11 is 5.34. The molecule has 5 heteroatoms. The monoisotopic (exact) mass is 275 g/mol. The summed E-state index contributed by atoms with van der Waals surface area (Å²) in [7, 11) is 0. The molecule has 2 rings (SSSR count). The molecule has 2 amide bonds. The zero-order valence-electron chi connectivity index (χ0n) is 9.81. The van der Waals surface area contributed by atoms with Crippen molar-refractivity contribution < 1.29 is 61.0 Å². The summed E-state index contributed by atoms with van der Waals surface area (Å²) in [5.41, 5.74) is 0.829. The minimum Gasteiger partial charge on any atom is -0.587 e. The van der Waals surface area contributed by atoms with Gasteiger partial charge in [-0.05, 0) is 6.92 Å². The molecule has 0 saturated carbocycles. The Bertz CT molecular complexity index is 399. The van der Waals surface area contributed by atoms with Crippen LogP contribution < -0.4 is 51.4 Å². The van der Waals surface area contributed by atoms with Crippen molar-refractivity contribution in [2.45, 2.75) is 12.3 Å². The molecule has 0 N–H and O–H groups in total. The minimum absolute atomic E-state index is 0. The van der Waals surface area contributed by atoms with Gasteiger partial charge in [-0.15, -0.1) is 18.2 Å². The van der Waals surface area contributed by atoms with E-state index >= 15 is 0 Å². The number of hydrogen-bond donors (Lipinski definition) is 0. The number of fused-ring (bicyclic) bond motifs is 1. The second-order valence-electron chi connectivity index (χ2n) is 3.18. The molecule has 17 heavy (non-hydrogen) atoms. The van der Waals surface area contributed by atoms with Gasteiger partial charge in [0.05, 0.1) is 11.8 Å². The quantitative estimate of drug-likeness (QED) is 0.317. The first-order valence-corrected chi connectivity index (χ1v) is 5.16. The van der Waals surface area contributed by atoms with E-state index in [2.05, 4.69) is 11.9 Å². The van der Waals surface area contributed by atoms with E-state index in [4.69, 9.17) is 11.6 Å². The van der Waals surface area contributed by atoms with Crippen LogP contribution in [-0.2, 0) is 0 Å². The number of allylic oxidation sites excluding steroid dienone is 1. The molecule has 0 spiro atoms.